The van der Waals surface area contributed by atoms with Crippen molar-refractivity contribution in [2.45, 2.75) is 70.6 Å². The maximum absolute atomic E-state index is 13.5. The lowest BCUT2D eigenvalue weighted by atomic mass is 9.77. The molecule has 0 bridgehead atoms. The Morgan fingerprint density at radius 2 is 1.89 bits per heavy atom. The van der Waals surface area contributed by atoms with E-state index < -0.39 is 29.0 Å². The van der Waals surface area contributed by atoms with E-state index in [2.05, 4.69) is 0 Å². The minimum absolute atomic E-state index is 0.0962. The number of nitrogens with zero attached hydrogens (tertiary/aromatic N) is 2. The van der Waals surface area contributed by atoms with Crippen LogP contribution in [0.3, 0.4) is 0 Å². The standard InChI is InChI=1S/C21H28N2O4/c1-19(2,3)20(4)18(25)23-15(13-14-9-6-5-7-10-14)17(24)22-12-8-11-16(22)21(23,26)27-20/h5-7,9-10,15-16,26H,8,11-13H2,1-4H3. The summed E-state index contributed by atoms with van der Waals surface area (Å²) < 4.78 is 6.19. The van der Waals surface area contributed by atoms with E-state index in [-0.39, 0.29) is 11.8 Å². The van der Waals surface area contributed by atoms with Crippen molar-refractivity contribution in [3.05, 3.63) is 35.9 Å². The number of piperazine rings is 1. The monoisotopic (exact) mass is 372 g/mol. The molecule has 6 heteroatoms. The topological polar surface area (TPSA) is 70.1 Å². The second-order valence-electron chi connectivity index (χ2n) is 9.11. The number of hydrogen-bond acceptors (Lipinski definition) is 4. The van der Waals surface area contributed by atoms with Crippen molar-refractivity contribution >= 4 is 11.8 Å². The third-order valence-corrected chi connectivity index (χ3v) is 6.60. The zero-order valence-corrected chi connectivity index (χ0v) is 16.4. The fraction of sp³-hybridized carbons (Fsp3) is 0.619. The van der Waals surface area contributed by atoms with Crippen molar-refractivity contribution in [2.24, 2.45) is 5.41 Å². The third kappa shape index (κ3) is 2.46. The van der Waals surface area contributed by atoms with E-state index in [9.17, 15) is 14.7 Å². The summed E-state index contributed by atoms with van der Waals surface area (Å²) in [5.41, 5.74) is -0.774. The molecule has 3 saturated heterocycles. The van der Waals surface area contributed by atoms with Crippen LogP contribution in [0.25, 0.3) is 0 Å². The molecule has 0 radical (unpaired) electrons. The quantitative estimate of drug-likeness (QED) is 0.861. The lowest BCUT2D eigenvalue weighted by Gasteiger charge is -2.49. The van der Waals surface area contributed by atoms with Crippen LogP contribution in [0.4, 0.5) is 0 Å². The van der Waals surface area contributed by atoms with E-state index in [1.807, 2.05) is 51.1 Å². The number of benzene rings is 1. The summed E-state index contributed by atoms with van der Waals surface area (Å²) in [5, 5.41) is 11.6. The molecular formula is C21H28N2O4. The molecule has 1 aromatic rings. The average molecular weight is 372 g/mol. The predicted molar refractivity (Wildman–Crippen MR) is 99.4 cm³/mol. The summed E-state index contributed by atoms with van der Waals surface area (Å²) in [6, 6.07) is 8.34. The molecule has 3 aliphatic heterocycles. The van der Waals surface area contributed by atoms with Crippen LogP contribution in [-0.4, -0.2) is 56.9 Å². The Bertz CT molecular complexity index is 774. The predicted octanol–water partition coefficient (Wildman–Crippen LogP) is 1.91. The second-order valence-corrected chi connectivity index (χ2v) is 9.11. The average Bonchev–Trinajstić information content (AvgIpc) is 3.17. The SMILES string of the molecule is CC(C)(C)C1(C)OC2(O)C3CCCN3C(=O)C(Cc3ccccc3)N2C1=O. The van der Waals surface area contributed by atoms with Crippen LogP contribution in [0.1, 0.15) is 46.1 Å². The number of carbonyl (C=O) groups excluding carboxylic acids is 2. The molecule has 6 nitrogen and oxygen atoms in total. The van der Waals surface area contributed by atoms with E-state index in [4.69, 9.17) is 4.74 Å². The van der Waals surface area contributed by atoms with Gasteiger partial charge in [-0.15, -0.1) is 0 Å². The normalized spacial score (nSPS) is 36.2. The number of carbonyl (C=O) groups is 2. The first-order valence-corrected chi connectivity index (χ1v) is 9.70. The molecular weight excluding hydrogens is 344 g/mol. The van der Waals surface area contributed by atoms with E-state index in [0.29, 0.717) is 19.4 Å². The number of hydrogen-bond donors (Lipinski definition) is 1. The highest BCUT2D eigenvalue weighted by Gasteiger charge is 2.71. The fourth-order valence-electron chi connectivity index (χ4n) is 4.58. The Balaban J connectivity index is 1.80. The minimum Gasteiger partial charge on any atom is -0.347 e. The molecule has 146 valence electrons. The van der Waals surface area contributed by atoms with Gasteiger partial charge in [-0.05, 0) is 30.7 Å². The third-order valence-electron chi connectivity index (χ3n) is 6.60. The highest BCUT2D eigenvalue weighted by Crippen LogP contribution is 2.51. The number of amides is 2. The lowest BCUT2D eigenvalue weighted by Crippen LogP contribution is -2.71. The molecule has 4 unspecified atom stereocenters. The van der Waals surface area contributed by atoms with Crippen molar-refractivity contribution in [3.8, 4) is 0 Å². The van der Waals surface area contributed by atoms with Gasteiger partial charge in [-0.3, -0.25) is 14.5 Å². The van der Waals surface area contributed by atoms with Gasteiger partial charge in [0.15, 0.2) is 5.60 Å². The summed E-state index contributed by atoms with van der Waals surface area (Å²) in [6.45, 7) is 8.09. The number of fused-ring (bicyclic) bond motifs is 3. The van der Waals surface area contributed by atoms with Gasteiger partial charge in [0.25, 0.3) is 11.8 Å². The molecule has 1 N–H and O–H groups in total. The van der Waals surface area contributed by atoms with Crippen LogP contribution in [0.5, 0.6) is 0 Å². The van der Waals surface area contributed by atoms with Gasteiger partial charge in [-0.1, -0.05) is 51.1 Å². The Morgan fingerprint density at radius 3 is 2.52 bits per heavy atom. The first-order chi connectivity index (χ1) is 12.6. The van der Waals surface area contributed by atoms with Crippen molar-refractivity contribution in [1.29, 1.82) is 0 Å². The summed E-state index contributed by atoms with van der Waals surface area (Å²) in [7, 11) is 0. The van der Waals surface area contributed by atoms with Gasteiger partial charge in [-0.25, -0.2) is 0 Å². The largest absolute Gasteiger partial charge is 0.347 e. The molecule has 2 amide bonds. The number of aliphatic hydroxyl groups is 1. The number of rotatable bonds is 2. The summed E-state index contributed by atoms with van der Waals surface area (Å²) >= 11 is 0. The van der Waals surface area contributed by atoms with E-state index in [1.54, 1.807) is 11.8 Å². The molecule has 1 aromatic carbocycles. The Kier molecular flexibility index (Phi) is 3.95. The van der Waals surface area contributed by atoms with Gasteiger partial charge in [0.1, 0.15) is 12.1 Å². The van der Waals surface area contributed by atoms with Crippen LogP contribution < -0.4 is 0 Å². The molecule has 3 aliphatic rings. The maximum atomic E-state index is 13.5. The molecule has 27 heavy (non-hydrogen) atoms. The Hall–Kier alpha value is -1.92. The van der Waals surface area contributed by atoms with Gasteiger partial charge < -0.3 is 14.7 Å². The van der Waals surface area contributed by atoms with Crippen molar-refractivity contribution in [2.75, 3.05) is 6.54 Å². The molecule has 4 rings (SSSR count). The first kappa shape index (κ1) is 18.4. The van der Waals surface area contributed by atoms with Crippen molar-refractivity contribution in [1.82, 2.24) is 9.80 Å². The van der Waals surface area contributed by atoms with Gasteiger partial charge in [0.2, 0.25) is 5.91 Å². The maximum Gasteiger partial charge on any atom is 0.274 e. The van der Waals surface area contributed by atoms with Gasteiger partial charge in [0.05, 0.1) is 0 Å². The molecule has 0 aromatic heterocycles. The smallest absolute Gasteiger partial charge is 0.274 e. The van der Waals surface area contributed by atoms with Crippen LogP contribution in [0, 0.1) is 5.41 Å². The number of ether oxygens (including phenoxy) is 1. The summed E-state index contributed by atoms with van der Waals surface area (Å²) in [6.07, 6.45) is 1.79. The van der Waals surface area contributed by atoms with Crippen molar-refractivity contribution in [3.63, 3.8) is 0 Å². The van der Waals surface area contributed by atoms with Gasteiger partial charge in [-0.2, -0.15) is 0 Å². The lowest BCUT2D eigenvalue weighted by molar-refractivity contribution is -0.321. The molecule has 3 heterocycles. The summed E-state index contributed by atoms with van der Waals surface area (Å²) in [4.78, 5) is 29.8. The molecule has 3 fully saturated rings. The van der Waals surface area contributed by atoms with E-state index in [1.165, 1.54) is 4.90 Å². The molecule has 0 saturated carbocycles. The fourth-order valence-corrected chi connectivity index (χ4v) is 4.58. The van der Waals surface area contributed by atoms with Gasteiger partial charge in [0, 0.05) is 13.0 Å². The van der Waals surface area contributed by atoms with Crippen LogP contribution >= 0.6 is 0 Å². The van der Waals surface area contributed by atoms with Crippen LogP contribution in [-0.2, 0) is 20.7 Å². The molecule has 0 aliphatic carbocycles. The Labute approximate surface area is 160 Å². The minimum atomic E-state index is -1.77. The van der Waals surface area contributed by atoms with Crippen LogP contribution in [0.15, 0.2) is 30.3 Å². The van der Waals surface area contributed by atoms with E-state index in [0.717, 1.165) is 12.0 Å². The van der Waals surface area contributed by atoms with Crippen molar-refractivity contribution < 1.29 is 19.4 Å². The summed E-state index contributed by atoms with van der Waals surface area (Å²) in [5.74, 6) is -2.18. The van der Waals surface area contributed by atoms with E-state index >= 15 is 0 Å². The van der Waals surface area contributed by atoms with Gasteiger partial charge >= 0.3 is 0 Å². The second kappa shape index (κ2) is 5.79. The first-order valence-electron chi connectivity index (χ1n) is 9.70. The molecule has 4 atom stereocenters. The highest BCUT2D eigenvalue weighted by atomic mass is 16.7. The zero-order chi connectivity index (χ0) is 19.6. The Morgan fingerprint density at radius 1 is 1.22 bits per heavy atom. The van der Waals surface area contributed by atoms with Crippen LogP contribution in [0.2, 0.25) is 0 Å². The molecule has 0 spiro atoms. The highest BCUT2D eigenvalue weighted by molar-refractivity contribution is 5.95. The zero-order valence-electron chi connectivity index (χ0n) is 16.4.